The summed E-state index contributed by atoms with van der Waals surface area (Å²) in [5, 5.41) is 7.86. The smallest absolute Gasteiger partial charge is 0.257 e. The molecule has 134 valence electrons. The number of hydrogen-bond donors (Lipinski definition) is 2. The first-order valence-corrected chi connectivity index (χ1v) is 9.24. The maximum Gasteiger partial charge on any atom is 0.257 e. The zero-order valence-electron chi connectivity index (χ0n) is 14.2. The lowest BCUT2D eigenvalue weighted by atomic mass is 10.2. The largest absolute Gasteiger partial charge is 0.356 e. The molecule has 0 saturated carbocycles. The molecule has 0 unspecified atom stereocenters. The van der Waals surface area contributed by atoms with E-state index in [0.29, 0.717) is 30.1 Å². The van der Waals surface area contributed by atoms with Gasteiger partial charge in [0.25, 0.3) is 5.91 Å². The lowest BCUT2D eigenvalue weighted by molar-refractivity contribution is -0.121. The number of anilines is 1. The number of amides is 2. The van der Waals surface area contributed by atoms with E-state index < -0.39 is 0 Å². The molecular formula is C18H22FN3O2S. The van der Waals surface area contributed by atoms with Crippen LogP contribution in [0.2, 0.25) is 0 Å². The van der Waals surface area contributed by atoms with E-state index in [1.54, 1.807) is 0 Å². The predicted molar refractivity (Wildman–Crippen MR) is 97.3 cm³/mol. The van der Waals surface area contributed by atoms with E-state index >= 15 is 0 Å². The summed E-state index contributed by atoms with van der Waals surface area (Å²) in [5.41, 5.74) is 1.13. The van der Waals surface area contributed by atoms with Crippen LogP contribution in [0.4, 0.5) is 9.52 Å². The first-order chi connectivity index (χ1) is 12.1. The number of nitrogens with one attached hydrogen (secondary N) is 2. The molecule has 2 amide bonds. The molecular weight excluding hydrogens is 341 g/mol. The van der Waals surface area contributed by atoms with Crippen molar-refractivity contribution in [2.45, 2.75) is 39.0 Å². The summed E-state index contributed by atoms with van der Waals surface area (Å²) in [7, 11) is 0. The molecule has 0 aliphatic heterocycles. The van der Waals surface area contributed by atoms with Gasteiger partial charge in [0.2, 0.25) is 5.91 Å². The number of benzene rings is 1. The van der Waals surface area contributed by atoms with Crippen LogP contribution in [0, 0.1) is 5.82 Å². The Bertz CT molecular complexity index is 701. The molecule has 0 radical (unpaired) electrons. The minimum Gasteiger partial charge on any atom is -0.356 e. The zero-order valence-corrected chi connectivity index (χ0v) is 15.0. The van der Waals surface area contributed by atoms with Crippen LogP contribution in [0.3, 0.4) is 0 Å². The highest BCUT2D eigenvalue weighted by Crippen LogP contribution is 2.17. The van der Waals surface area contributed by atoms with Gasteiger partial charge in [-0.1, -0.05) is 19.8 Å². The maximum absolute atomic E-state index is 12.9. The number of unbranched alkanes of at least 4 members (excludes halogenated alkanes) is 2. The van der Waals surface area contributed by atoms with Crippen molar-refractivity contribution in [1.82, 2.24) is 10.3 Å². The van der Waals surface area contributed by atoms with E-state index in [4.69, 9.17) is 0 Å². The van der Waals surface area contributed by atoms with Crippen molar-refractivity contribution >= 4 is 28.3 Å². The van der Waals surface area contributed by atoms with Gasteiger partial charge in [-0.15, -0.1) is 11.3 Å². The molecule has 0 aliphatic carbocycles. The molecule has 2 N–H and O–H groups in total. The van der Waals surface area contributed by atoms with E-state index in [9.17, 15) is 14.0 Å². The second-order valence-electron chi connectivity index (χ2n) is 5.66. The van der Waals surface area contributed by atoms with Gasteiger partial charge in [0.15, 0.2) is 5.13 Å². The molecule has 25 heavy (non-hydrogen) atoms. The topological polar surface area (TPSA) is 71.1 Å². The molecule has 1 heterocycles. The molecule has 0 bridgehead atoms. The fourth-order valence-electron chi connectivity index (χ4n) is 2.18. The summed E-state index contributed by atoms with van der Waals surface area (Å²) in [6, 6.07) is 5.31. The summed E-state index contributed by atoms with van der Waals surface area (Å²) in [6.07, 6.45) is 4.15. The van der Waals surface area contributed by atoms with Crippen molar-refractivity contribution in [3.8, 4) is 0 Å². The number of halogens is 1. The fraction of sp³-hybridized carbons (Fsp3) is 0.389. The number of nitrogens with zero attached hydrogens (tertiary/aromatic N) is 1. The third kappa shape index (κ3) is 6.62. The van der Waals surface area contributed by atoms with Crippen LogP contribution in [-0.4, -0.2) is 23.3 Å². The molecule has 0 saturated heterocycles. The first kappa shape index (κ1) is 19.1. The Morgan fingerprint density at radius 1 is 1.20 bits per heavy atom. The Morgan fingerprint density at radius 3 is 2.68 bits per heavy atom. The van der Waals surface area contributed by atoms with Crippen molar-refractivity contribution in [1.29, 1.82) is 0 Å². The molecule has 0 atom stereocenters. The predicted octanol–water partition coefficient (Wildman–Crippen LogP) is 3.77. The van der Waals surface area contributed by atoms with Crippen LogP contribution in [0.1, 0.15) is 48.7 Å². The lowest BCUT2D eigenvalue weighted by Crippen LogP contribution is -2.24. The summed E-state index contributed by atoms with van der Waals surface area (Å²) in [6.45, 7) is 2.83. The van der Waals surface area contributed by atoms with E-state index in [-0.39, 0.29) is 17.6 Å². The van der Waals surface area contributed by atoms with Gasteiger partial charge in [-0.05, 0) is 37.1 Å². The van der Waals surface area contributed by atoms with Gasteiger partial charge in [-0.25, -0.2) is 9.37 Å². The molecule has 2 rings (SSSR count). The summed E-state index contributed by atoms with van der Waals surface area (Å²) in [4.78, 5) is 28.1. The summed E-state index contributed by atoms with van der Waals surface area (Å²) >= 11 is 1.30. The number of aryl methyl sites for hydroxylation is 1. The van der Waals surface area contributed by atoms with Gasteiger partial charge >= 0.3 is 0 Å². The maximum atomic E-state index is 12.9. The van der Waals surface area contributed by atoms with Crippen LogP contribution in [-0.2, 0) is 11.2 Å². The Labute approximate surface area is 150 Å². The van der Waals surface area contributed by atoms with E-state index in [1.165, 1.54) is 35.6 Å². The quantitative estimate of drug-likeness (QED) is 0.666. The van der Waals surface area contributed by atoms with Crippen LogP contribution in [0.15, 0.2) is 29.6 Å². The van der Waals surface area contributed by atoms with Gasteiger partial charge in [-0.2, -0.15) is 0 Å². The van der Waals surface area contributed by atoms with Gasteiger partial charge in [0, 0.05) is 23.9 Å². The van der Waals surface area contributed by atoms with E-state index in [1.807, 2.05) is 5.38 Å². The van der Waals surface area contributed by atoms with Gasteiger partial charge in [0.1, 0.15) is 5.82 Å². The van der Waals surface area contributed by atoms with Crippen LogP contribution in [0.5, 0.6) is 0 Å². The normalized spacial score (nSPS) is 10.5. The van der Waals surface area contributed by atoms with Crippen LogP contribution >= 0.6 is 11.3 Å². The van der Waals surface area contributed by atoms with Crippen molar-refractivity contribution in [2.24, 2.45) is 0 Å². The van der Waals surface area contributed by atoms with Gasteiger partial charge in [0.05, 0.1) is 5.69 Å². The number of rotatable bonds is 9. The van der Waals surface area contributed by atoms with Gasteiger partial charge in [-0.3, -0.25) is 14.9 Å². The Morgan fingerprint density at radius 2 is 1.96 bits per heavy atom. The second kappa shape index (κ2) is 9.88. The molecule has 1 aromatic carbocycles. The van der Waals surface area contributed by atoms with Crippen LogP contribution < -0.4 is 10.6 Å². The SMILES string of the molecule is CCCCCNC(=O)CCc1csc(NC(=O)c2ccc(F)cc2)n1. The van der Waals surface area contributed by atoms with E-state index in [0.717, 1.165) is 25.0 Å². The van der Waals surface area contributed by atoms with Crippen LogP contribution in [0.25, 0.3) is 0 Å². The molecule has 2 aromatic rings. The number of thiazole rings is 1. The Kier molecular flexibility index (Phi) is 7.53. The summed E-state index contributed by atoms with van der Waals surface area (Å²) in [5.74, 6) is -0.711. The minimum absolute atomic E-state index is 0.0148. The van der Waals surface area contributed by atoms with Crippen molar-refractivity contribution in [3.63, 3.8) is 0 Å². The number of aromatic nitrogens is 1. The van der Waals surface area contributed by atoms with Gasteiger partial charge < -0.3 is 5.32 Å². The summed E-state index contributed by atoms with van der Waals surface area (Å²) < 4.78 is 12.9. The highest BCUT2D eigenvalue weighted by molar-refractivity contribution is 7.14. The third-order valence-electron chi connectivity index (χ3n) is 3.59. The minimum atomic E-state index is -0.388. The molecule has 0 aliphatic rings. The molecule has 0 fully saturated rings. The average Bonchev–Trinajstić information content (AvgIpc) is 3.05. The fourth-order valence-corrected chi connectivity index (χ4v) is 2.92. The first-order valence-electron chi connectivity index (χ1n) is 8.36. The van der Waals surface area contributed by atoms with Crippen molar-refractivity contribution in [3.05, 3.63) is 46.7 Å². The van der Waals surface area contributed by atoms with Crippen molar-refractivity contribution in [2.75, 3.05) is 11.9 Å². The monoisotopic (exact) mass is 363 g/mol. The average molecular weight is 363 g/mol. The second-order valence-corrected chi connectivity index (χ2v) is 6.52. The Hall–Kier alpha value is -2.28. The Balaban J connectivity index is 1.77. The molecule has 1 aromatic heterocycles. The standard InChI is InChI=1S/C18H22FN3O2S/c1-2-3-4-11-20-16(23)10-9-15-12-25-18(21-15)22-17(24)13-5-7-14(19)8-6-13/h5-8,12H,2-4,9-11H2,1H3,(H,20,23)(H,21,22,24). The third-order valence-corrected chi connectivity index (χ3v) is 4.40. The zero-order chi connectivity index (χ0) is 18.1. The molecule has 0 spiro atoms. The molecule has 7 heteroatoms. The van der Waals surface area contributed by atoms with Crippen molar-refractivity contribution < 1.29 is 14.0 Å². The van der Waals surface area contributed by atoms with E-state index in [2.05, 4.69) is 22.5 Å². The number of carbonyl (C=O) groups excluding carboxylic acids is 2. The number of carbonyl (C=O) groups is 2. The molecule has 5 nitrogen and oxygen atoms in total. The highest BCUT2D eigenvalue weighted by atomic mass is 32.1. The number of hydrogen-bond acceptors (Lipinski definition) is 4. The highest BCUT2D eigenvalue weighted by Gasteiger charge is 2.10. The lowest BCUT2D eigenvalue weighted by Gasteiger charge is -2.03.